The highest BCUT2D eigenvalue weighted by atomic mass is 16.6. The van der Waals surface area contributed by atoms with Gasteiger partial charge in [-0.1, -0.05) is 0 Å². The van der Waals surface area contributed by atoms with Gasteiger partial charge in [0.1, 0.15) is 13.2 Å². The highest BCUT2D eigenvalue weighted by molar-refractivity contribution is 5.98. The van der Waals surface area contributed by atoms with E-state index in [1.807, 2.05) is 17.0 Å². The number of hydrogen-bond acceptors (Lipinski definition) is 4. The van der Waals surface area contributed by atoms with E-state index in [9.17, 15) is 9.59 Å². The Morgan fingerprint density at radius 2 is 1.61 bits per heavy atom. The van der Waals surface area contributed by atoms with E-state index in [2.05, 4.69) is 0 Å². The second-order valence-electron chi connectivity index (χ2n) is 6.60. The predicted octanol–water partition coefficient (Wildman–Crippen LogP) is 2.29. The normalized spacial score (nSPS) is 21.1. The number of hydrogen-bond donors (Lipinski definition) is 0. The molecule has 1 aliphatic carbocycles. The quantitative estimate of drug-likeness (QED) is 0.803. The van der Waals surface area contributed by atoms with Gasteiger partial charge in [0.2, 0.25) is 5.91 Å². The number of rotatable bonds is 3. The Labute approximate surface area is 135 Å². The second kappa shape index (κ2) is 5.87. The zero-order valence-corrected chi connectivity index (χ0v) is 13.1. The van der Waals surface area contributed by atoms with Crippen LogP contribution in [0, 0.1) is 11.8 Å². The minimum atomic E-state index is 0.000752. The van der Waals surface area contributed by atoms with Crippen LogP contribution < -0.4 is 9.47 Å². The number of ether oxygens (including phenoxy) is 2. The summed E-state index contributed by atoms with van der Waals surface area (Å²) in [5.74, 6) is 2.07. The van der Waals surface area contributed by atoms with Crippen LogP contribution in [-0.2, 0) is 4.79 Å². The van der Waals surface area contributed by atoms with Gasteiger partial charge in [0, 0.05) is 30.5 Å². The maximum atomic E-state index is 12.7. The Morgan fingerprint density at radius 3 is 2.30 bits per heavy atom. The third kappa shape index (κ3) is 2.92. The first-order chi connectivity index (χ1) is 11.2. The molecular formula is C18H21NO4. The van der Waals surface area contributed by atoms with Crippen molar-refractivity contribution in [3.63, 3.8) is 0 Å². The average molecular weight is 315 g/mol. The molecule has 0 N–H and O–H groups in total. The van der Waals surface area contributed by atoms with Crippen molar-refractivity contribution in [1.29, 1.82) is 0 Å². The van der Waals surface area contributed by atoms with Crippen molar-refractivity contribution in [2.75, 3.05) is 26.3 Å². The first-order valence-electron chi connectivity index (χ1n) is 8.45. The lowest BCUT2D eigenvalue weighted by Gasteiger charge is -2.31. The van der Waals surface area contributed by atoms with Crippen LogP contribution in [-0.4, -0.2) is 42.9 Å². The molecule has 0 radical (unpaired) electrons. The molecule has 5 nitrogen and oxygen atoms in total. The standard InChI is InChI=1S/C18H21NO4/c20-17(14-3-4-15-16(11-14)23-10-9-22-15)12-5-7-19(8-6-12)18(21)13-1-2-13/h3-4,11-13H,1-2,5-10H2. The van der Waals surface area contributed by atoms with Gasteiger partial charge in [0.15, 0.2) is 17.3 Å². The van der Waals surface area contributed by atoms with E-state index >= 15 is 0 Å². The summed E-state index contributed by atoms with van der Waals surface area (Å²) in [5.41, 5.74) is 0.682. The van der Waals surface area contributed by atoms with Gasteiger partial charge in [0.05, 0.1) is 0 Å². The fraction of sp³-hybridized carbons (Fsp3) is 0.556. The number of amides is 1. The smallest absolute Gasteiger partial charge is 0.225 e. The maximum Gasteiger partial charge on any atom is 0.225 e. The SMILES string of the molecule is O=C(c1ccc2c(c1)OCCO2)C1CCN(C(=O)C2CC2)CC1. The number of Topliss-reactive ketones (excluding diaryl/α,β-unsaturated/α-hetero) is 1. The number of nitrogens with zero attached hydrogens (tertiary/aromatic N) is 1. The second-order valence-corrected chi connectivity index (χ2v) is 6.60. The van der Waals surface area contributed by atoms with Crippen molar-refractivity contribution in [2.24, 2.45) is 11.8 Å². The molecule has 1 aromatic carbocycles. The van der Waals surface area contributed by atoms with Gasteiger partial charge in [-0.2, -0.15) is 0 Å². The van der Waals surface area contributed by atoms with Gasteiger partial charge in [-0.15, -0.1) is 0 Å². The molecule has 2 heterocycles. The fourth-order valence-electron chi connectivity index (χ4n) is 3.38. The van der Waals surface area contributed by atoms with Gasteiger partial charge in [0.25, 0.3) is 0 Å². The minimum Gasteiger partial charge on any atom is -0.486 e. The van der Waals surface area contributed by atoms with Gasteiger partial charge >= 0.3 is 0 Å². The third-order valence-electron chi connectivity index (χ3n) is 4.93. The predicted molar refractivity (Wildman–Crippen MR) is 83.8 cm³/mol. The number of carbonyl (C=O) groups excluding carboxylic acids is 2. The molecule has 1 saturated heterocycles. The summed E-state index contributed by atoms with van der Waals surface area (Å²) in [6, 6.07) is 5.42. The van der Waals surface area contributed by atoms with Crippen molar-refractivity contribution in [2.45, 2.75) is 25.7 Å². The lowest BCUT2D eigenvalue weighted by Crippen LogP contribution is -2.41. The summed E-state index contributed by atoms with van der Waals surface area (Å²) < 4.78 is 11.0. The lowest BCUT2D eigenvalue weighted by atomic mass is 9.88. The van der Waals surface area contributed by atoms with Gasteiger partial charge in [-0.25, -0.2) is 0 Å². The van der Waals surface area contributed by atoms with E-state index in [0.29, 0.717) is 43.4 Å². The fourth-order valence-corrected chi connectivity index (χ4v) is 3.38. The van der Waals surface area contributed by atoms with Crippen molar-refractivity contribution >= 4 is 11.7 Å². The van der Waals surface area contributed by atoms with Crippen LogP contribution in [0.2, 0.25) is 0 Å². The molecule has 3 aliphatic rings. The molecule has 1 amide bonds. The molecular weight excluding hydrogens is 294 g/mol. The molecule has 1 saturated carbocycles. The topological polar surface area (TPSA) is 55.8 Å². The molecule has 122 valence electrons. The van der Waals surface area contributed by atoms with Crippen molar-refractivity contribution in [3.8, 4) is 11.5 Å². The molecule has 0 unspecified atom stereocenters. The molecule has 23 heavy (non-hydrogen) atoms. The number of piperidine rings is 1. The lowest BCUT2D eigenvalue weighted by molar-refractivity contribution is -0.133. The van der Waals surface area contributed by atoms with Gasteiger partial charge in [-0.05, 0) is 43.9 Å². The van der Waals surface area contributed by atoms with Gasteiger partial charge in [-0.3, -0.25) is 9.59 Å². The number of ketones is 1. The van der Waals surface area contributed by atoms with E-state index in [1.165, 1.54) is 0 Å². The van der Waals surface area contributed by atoms with Crippen LogP contribution in [0.5, 0.6) is 11.5 Å². The van der Waals surface area contributed by atoms with Crippen LogP contribution in [0.3, 0.4) is 0 Å². The maximum absolute atomic E-state index is 12.7. The van der Waals surface area contributed by atoms with Crippen LogP contribution in [0.1, 0.15) is 36.0 Å². The van der Waals surface area contributed by atoms with Crippen LogP contribution in [0.4, 0.5) is 0 Å². The Balaban J connectivity index is 1.40. The van der Waals surface area contributed by atoms with Crippen LogP contribution in [0.25, 0.3) is 0 Å². The molecule has 5 heteroatoms. The summed E-state index contributed by atoms with van der Waals surface area (Å²) in [4.78, 5) is 26.7. The number of fused-ring (bicyclic) bond motifs is 1. The summed E-state index contributed by atoms with van der Waals surface area (Å²) >= 11 is 0. The number of likely N-dealkylation sites (tertiary alicyclic amines) is 1. The molecule has 0 atom stereocenters. The Hall–Kier alpha value is -2.04. The van der Waals surface area contributed by atoms with Gasteiger partial charge < -0.3 is 14.4 Å². The van der Waals surface area contributed by atoms with Crippen LogP contribution >= 0.6 is 0 Å². The molecule has 0 bridgehead atoms. The van der Waals surface area contributed by atoms with Crippen molar-refractivity contribution in [1.82, 2.24) is 4.90 Å². The summed E-state index contributed by atoms with van der Waals surface area (Å²) in [6.07, 6.45) is 3.58. The van der Waals surface area contributed by atoms with E-state index in [-0.39, 0.29) is 23.5 Å². The number of benzene rings is 1. The summed E-state index contributed by atoms with van der Waals surface area (Å²) in [7, 11) is 0. The zero-order chi connectivity index (χ0) is 15.8. The monoisotopic (exact) mass is 315 g/mol. The van der Waals surface area contributed by atoms with Crippen molar-refractivity contribution < 1.29 is 19.1 Å². The van der Waals surface area contributed by atoms with E-state index in [0.717, 1.165) is 25.7 Å². The Bertz CT molecular complexity index is 630. The molecule has 2 aliphatic heterocycles. The summed E-state index contributed by atoms with van der Waals surface area (Å²) in [6.45, 7) is 2.48. The molecule has 0 aromatic heterocycles. The van der Waals surface area contributed by atoms with E-state index in [4.69, 9.17) is 9.47 Å². The Kier molecular flexibility index (Phi) is 3.71. The molecule has 4 rings (SSSR count). The first-order valence-corrected chi connectivity index (χ1v) is 8.45. The first kappa shape index (κ1) is 14.5. The zero-order valence-electron chi connectivity index (χ0n) is 13.1. The van der Waals surface area contributed by atoms with E-state index in [1.54, 1.807) is 6.07 Å². The summed E-state index contributed by atoms with van der Waals surface area (Å²) in [5, 5.41) is 0. The third-order valence-corrected chi connectivity index (χ3v) is 4.93. The Morgan fingerprint density at radius 1 is 0.913 bits per heavy atom. The van der Waals surface area contributed by atoms with Crippen molar-refractivity contribution in [3.05, 3.63) is 23.8 Å². The molecule has 1 aromatic rings. The highest BCUT2D eigenvalue weighted by Gasteiger charge is 2.36. The molecule has 2 fully saturated rings. The highest BCUT2D eigenvalue weighted by Crippen LogP contribution is 2.34. The number of carbonyl (C=O) groups is 2. The van der Waals surface area contributed by atoms with Crippen LogP contribution in [0.15, 0.2) is 18.2 Å². The molecule has 0 spiro atoms. The minimum absolute atomic E-state index is 0.000752. The largest absolute Gasteiger partial charge is 0.486 e. The average Bonchev–Trinajstić information content (AvgIpc) is 3.45. The van der Waals surface area contributed by atoms with E-state index < -0.39 is 0 Å².